The zero-order valence-corrected chi connectivity index (χ0v) is 19.1. The summed E-state index contributed by atoms with van der Waals surface area (Å²) in [5.41, 5.74) is 4.65. The number of fused-ring (bicyclic) bond motifs is 2. The predicted octanol–water partition coefficient (Wildman–Crippen LogP) is 5.07. The van der Waals surface area contributed by atoms with Crippen molar-refractivity contribution in [2.45, 2.75) is 20.3 Å². The number of ether oxygens (including phenoxy) is 1. The minimum Gasteiger partial charge on any atom is -0.450 e. The molecule has 35 heavy (non-hydrogen) atoms. The minimum absolute atomic E-state index is 0.243. The molecule has 3 aromatic carbocycles. The number of hydrogen-bond donors (Lipinski definition) is 3. The van der Waals surface area contributed by atoms with Gasteiger partial charge in [0.15, 0.2) is 0 Å². The quantitative estimate of drug-likeness (QED) is 0.331. The van der Waals surface area contributed by atoms with Crippen LogP contribution in [0.4, 0.5) is 15.1 Å². The van der Waals surface area contributed by atoms with Gasteiger partial charge in [0.1, 0.15) is 5.82 Å². The molecule has 0 aliphatic carbocycles. The molecule has 2 heterocycles. The third kappa shape index (κ3) is 4.48. The van der Waals surface area contributed by atoms with E-state index < -0.39 is 6.09 Å². The number of amides is 1. The highest BCUT2D eigenvalue weighted by Crippen LogP contribution is 2.29. The van der Waals surface area contributed by atoms with Crippen LogP contribution in [-0.4, -0.2) is 32.9 Å². The molecule has 0 aliphatic rings. The number of nitrogens with zero attached hydrogens (tertiary/aromatic N) is 2. The van der Waals surface area contributed by atoms with Crippen LogP contribution in [0, 0.1) is 12.7 Å². The molecule has 0 aliphatic heterocycles. The molecule has 9 heteroatoms. The lowest BCUT2D eigenvalue weighted by Crippen LogP contribution is -2.14. The van der Waals surface area contributed by atoms with Crippen LogP contribution >= 0.6 is 0 Å². The zero-order valence-electron chi connectivity index (χ0n) is 19.1. The van der Waals surface area contributed by atoms with Crippen molar-refractivity contribution in [2.24, 2.45) is 0 Å². The van der Waals surface area contributed by atoms with Crippen molar-refractivity contribution in [2.75, 3.05) is 11.9 Å². The van der Waals surface area contributed by atoms with Crippen LogP contribution in [0.2, 0.25) is 0 Å². The van der Waals surface area contributed by atoms with Gasteiger partial charge in [0.2, 0.25) is 5.95 Å². The van der Waals surface area contributed by atoms with Gasteiger partial charge in [0.05, 0.1) is 28.7 Å². The van der Waals surface area contributed by atoms with E-state index in [1.807, 2.05) is 19.1 Å². The van der Waals surface area contributed by atoms with Crippen LogP contribution in [0.15, 0.2) is 59.4 Å². The van der Waals surface area contributed by atoms with Crippen LogP contribution < -0.4 is 10.9 Å². The van der Waals surface area contributed by atoms with E-state index >= 15 is 0 Å². The first kappa shape index (κ1) is 22.3. The van der Waals surface area contributed by atoms with Crippen molar-refractivity contribution < 1.29 is 13.9 Å². The Balaban J connectivity index is 1.49. The molecule has 0 atom stereocenters. The topological polar surface area (TPSA) is 113 Å². The molecular formula is C26H22FN5O3. The fraction of sp³-hybridized carbons (Fsp3) is 0.154. The maximum absolute atomic E-state index is 14.9. The maximum Gasteiger partial charge on any atom is 0.413 e. The van der Waals surface area contributed by atoms with Crippen LogP contribution in [0.25, 0.3) is 32.9 Å². The molecule has 176 valence electrons. The molecule has 0 spiro atoms. The summed E-state index contributed by atoms with van der Waals surface area (Å²) in [6.07, 6.45) is -0.188. The van der Waals surface area contributed by atoms with Gasteiger partial charge < -0.3 is 9.72 Å². The number of imidazole rings is 1. The van der Waals surface area contributed by atoms with Crippen molar-refractivity contribution >= 4 is 33.8 Å². The second-order valence-corrected chi connectivity index (χ2v) is 8.20. The Morgan fingerprint density at radius 2 is 1.94 bits per heavy atom. The Hall–Kier alpha value is -4.53. The summed E-state index contributed by atoms with van der Waals surface area (Å²) in [7, 11) is 0. The smallest absolute Gasteiger partial charge is 0.413 e. The number of aromatic amines is 2. The van der Waals surface area contributed by atoms with Crippen molar-refractivity contribution in [1.29, 1.82) is 0 Å². The fourth-order valence-corrected chi connectivity index (χ4v) is 4.06. The van der Waals surface area contributed by atoms with Crippen molar-refractivity contribution in [3.05, 3.63) is 87.6 Å². The first-order valence-corrected chi connectivity index (χ1v) is 11.1. The molecule has 0 unspecified atom stereocenters. The van der Waals surface area contributed by atoms with Gasteiger partial charge in [-0.2, -0.15) is 5.10 Å². The summed E-state index contributed by atoms with van der Waals surface area (Å²) in [5, 5.41) is 10.7. The summed E-state index contributed by atoms with van der Waals surface area (Å²) in [5.74, 6) is -0.125. The number of H-pyrrole nitrogens is 2. The van der Waals surface area contributed by atoms with Gasteiger partial charge in [-0.05, 0) is 61.4 Å². The number of aryl methyl sites for hydroxylation is 1. The Morgan fingerprint density at radius 3 is 2.77 bits per heavy atom. The highest BCUT2D eigenvalue weighted by molar-refractivity contribution is 5.88. The summed E-state index contributed by atoms with van der Waals surface area (Å²) < 4.78 is 19.7. The molecule has 0 saturated heterocycles. The van der Waals surface area contributed by atoms with E-state index in [-0.39, 0.29) is 23.9 Å². The molecule has 0 bridgehead atoms. The highest BCUT2D eigenvalue weighted by atomic mass is 19.1. The van der Waals surface area contributed by atoms with E-state index in [1.54, 1.807) is 43.3 Å². The Bertz CT molecular complexity index is 1640. The molecular weight excluding hydrogens is 449 g/mol. The average molecular weight is 471 g/mol. The zero-order chi connectivity index (χ0) is 24.5. The number of anilines is 1. The lowest BCUT2D eigenvalue weighted by atomic mass is 9.98. The number of rotatable bonds is 5. The van der Waals surface area contributed by atoms with Gasteiger partial charge in [0, 0.05) is 17.4 Å². The van der Waals surface area contributed by atoms with Crippen molar-refractivity contribution in [3.8, 4) is 11.1 Å². The predicted molar refractivity (Wildman–Crippen MR) is 132 cm³/mol. The van der Waals surface area contributed by atoms with Crippen molar-refractivity contribution in [1.82, 2.24) is 20.2 Å². The first-order chi connectivity index (χ1) is 16.9. The van der Waals surface area contributed by atoms with E-state index in [0.29, 0.717) is 39.7 Å². The maximum atomic E-state index is 14.9. The number of benzene rings is 3. The number of halogens is 1. The number of hydrogen-bond acceptors (Lipinski definition) is 5. The van der Waals surface area contributed by atoms with Gasteiger partial charge in [-0.25, -0.2) is 19.3 Å². The number of carbonyl (C=O) groups is 1. The van der Waals surface area contributed by atoms with E-state index in [0.717, 1.165) is 16.5 Å². The molecule has 3 N–H and O–H groups in total. The molecule has 0 radical (unpaired) electrons. The number of nitrogens with one attached hydrogen (secondary N) is 3. The summed E-state index contributed by atoms with van der Waals surface area (Å²) in [6.45, 7) is 3.92. The number of aromatic nitrogens is 4. The molecule has 0 saturated carbocycles. The summed E-state index contributed by atoms with van der Waals surface area (Å²) in [6, 6.07) is 15.8. The molecule has 1 amide bonds. The minimum atomic E-state index is -0.607. The van der Waals surface area contributed by atoms with Gasteiger partial charge in [-0.3, -0.25) is 10.1 Å². The average Bonchev–Trinajstić information content (AvgIpc) is 3.23. The van der Waals surface area contributed by atoms with E-state index in [1.165, 1.54) is 6.07 Å². The lowest BCUT2D eigenvalue weighted by molar-refractivity contribution is 0.167. The summed E-state index contributed by atoms with van der Waals surface area (Å²) in [4.78, 5) is 31.2. The van der Waals surface area contributed by atoms with Crippen LogP contribution in [-0.2, 0) is 11.2 Å². The Kier molecular flexibility index (Phi) is 5.74. The molecule has 0 fully saturated rings. The molecule has 5 aromatic rings. The van der Waals surface area contributed by atoms with Crippen molar-refractivity contribution in [3.63, 3.8) is 0 Å². The molecule has 5 rings (SSSR count). The van der Waals surface area contributed by atoms with Gasteiger partial charge in [-0.15, -0.1) is 0 Å². The standard InChI is InChI=1S/C26H22FN5O3/c1-3-35-26(34)30-25-28-21-9-6-16(13-23(21)29-25)18-11-15(5-8-20(18)27)12-22-19-10-14(2)4-7-17(19)24(33)32-31-22/h4-11,13H,3,12H2,1-2H3,(H,32,33)(H2,28,29,30,34). The van der Waals surface area contributed by atoms with E-state index in [4.69, 9.17) is 4.74 Å². The van der Waals surface area contributed by atoms with Gasteiger partial charge in [0.25, 0.3) is 5.56 Å². The van der Waals surface area contributed by atoms with E-state index in [2.05, 4.69) is 25.5 Å². The Morgan fingerprint density at radius 1 is 1.09 bits per heavy atom. The lowest BCUT2D eigenvalue weighted by Gasteiger charge is -2.09. The molecule has 8 nitrogen and oxygen atoms in total. The van der Waals surface area contributed by atoms with Gasteiger partial charge >= 0.3 is 6.09 Å². The Labute approximate surface area is 199 Å². The highest BCUT2D eigenvalue weighted by Gasteiger charge is 2.13. The monoisotopic (exact) mass is 471 g/mol. The fourth-order valence-electron chi connectivity index (χ4n) is 4.06. The largest absolute Gasteiger partial charge is 0.450 e. The van der Waals surface area contributed by atoms with Crippen LogP contribution in [0.1, 0.15) is 23.7 Å². The molecule has 2 aromatic heterocycles. The van der Waals surface area contributed by atoms with Crippen LogP contribution in [0.5, 0.6) is 0 Å². The van der Waals surface area contributed by atoms with Crippen LogP contribution in [0.3, 0.4) is 0 Å². The van der Waals surface area contributed by atoms with E-state index in [9.17, 15) is 14.0 Å². The second-order valence-electron chi connectivity index (χ2n) is 8.20. The number of carbonyl (C=O) groups excluding carboxylic acids is 1. The normalized spacial score (nSPS) is 11.2. The summed E-state index contributed by atoms with van der Waals surface area (Å²) >= 11 is 0. The SMILES string of the molecule is CCOC(=O)Nc1nc2cc(-c3cc(Cc4n[nH]c(=O)c5ccc(C)cc45)ccc3F)ccc2[nH]1. The third-order valence-electron chi connectivity index (χ3n) is 5.72. The third-order valence-corrected chi connectivity index (χ3v) is 5.72. The second kappa shape index (κ2) is 9.02. The van der Waals surface area contributed by atoms with Gasteiger partial charge in [-0.1, -0.05) is 23.8 Å². The first-order valence-electron chi connectivity index (χ1n) is 11.1.